The van der Waals surface area contributed by atoms with Crippen LogP contribution in [0.1, 0.15) is 36.6 Å². The summed E-state index contributed by atoms with van der Waals surface area (Å²) in [5, 5.41) is 5.52. The Hall–Kier alpha value is -2.57. The fraction of sp³-hybridized carbons (Fsp3) is 0.353. The fourth-order valence-electron chi connectivity index (χ4n) is 2.04. The Morgan fingerprint density at radius 3 is 2.62 bits per heavy atom. The van der Waals surface area contributed by atoms with Crippen molar-refractivity contribution in [2.24, 2.45) is 5.92 Å². The van der Waals surface area contributed by atoms with Gasteiger partial charge in [0, 0.05) is 18.7 Å². The van der Waals surface area contributed by atoms with Gasteiger partial charge in [-0.05, 0) is 31.4 Å². The zero-order valence-corrected chi connectivity index (χ0v) is 13.9. The number of benzene rings is 1. The van der Waals surface area contributed by atoms with E-state index in [4.69, 9.17) is 0 Å². The van der Waals surface area contributed by atoms with Crippen LogP contribution in [0.2, 0.25) is 0 Å². The maximum atomic E-state index is 13.6. The number of anilines is 2. The van der Waals surface area contributed by atoms with Gasteiger partial charge in [-0.25, -0.2) is 18.7 Å². The summed E-state index contributed by atoms with van der Waals surface area (Å²) >= 11 is 0. The molecule has 2 rings (SSSR count). The molecule has 0 fully saturated rings. The van der Waals surface area contributed by atoms with Gasteiger partial charge in [-0.1, -0.05) is 13.8 Å². The Balaban J connectivity index is 2.12. The monoisotopic (exact) mass is 334 g/mol. The van der Waals surface area contributed by atoms with Crippen LogP contribution in [0.25, 0.3) is 0 Å². The minimum Gasteiger partial charge on any atom is -0.370 e. The van der Waals surface area contributed by atoms with Crippen LogP contribution in [-0.2, 0) is 0 Å². The smallest absolute Gasteiger partial charge is 0.274 e. The lowest BCUT2D eigenvalue weighted by molar-refractivity contribution is 0.102. The van der Waals surface area contributed by atoms with Gasteiger partial charge >= 0.3 is 0 Å². The molecule has 0 aliphatic rings. The normalized spacial score (nSPS) is 10.8. The highest BCUT2D eigenvalue weighted by molar-refractivity contribution is 6.03. The first-order valence-corrected chi connectivity index (χ1v) is 7.71. The van der Waals surface area contributed by atoms with E-state index in [1.165, 1.54) is 12.1 Å². The number of carbonyl (C=O) groups excluding carboxylic acids is 1. The molecule has 0 aliphatic carbocycles. The first-order valence-electron chi connectivity index (χ1n) is 7.71. The lowest BCUT2D eigenvalue weighted by Gasteiger charge is -2.10. The van der Waals surface area contributed by atoms with E-state index in [1.54, 1.807) is 6.92 Å². The molecular formula is C17H20F2N4O. The van der Waals surface area contributed by atoms with Gasteiger partial charge in [0.2, 0.25) is 0 Å². The summed E-state index contributed by atoms with van der Waals surface area (Å²) < 4.78 is 26.5. The Morgan fingerprint density at radius 2 is 1.96 bits per heavy atom. The van der Waals surface area contributed by atoms with E-state index >= 15 is 0 Å². The van der Waals surface area contributed by atoms with Gasteiger partial charge in [0.25, 0.3) is 5.91 Å². The van der Waals surface area contributed by atoms with Gasteiger partial charge in [-0.2, -0.15) is 0 Å². The Morgan fingerprint density at radius 1 is 1.21 bits per heavy atom. The largest absolute Gasteiger partial charge is 0.370 e. The van der Waals surface area contributed by atoms with Gasteiger partial charge < -0.3 is 10.6 Å². The first kappa shape index (κ1) is 17.8. The third kappa shape index (κ3) is 4.97. The van der Waals surface area contributed by atoms with Crippen molar-refractivity contribution < 1.29 is 13.6 Å². The van der Waals surface area contributed by atoms with E-state index in [0.29, 0.717) is 23.6 Å². The number of nitrogens with zero attached hydrogens (tertiary/aromatic N) is 2. The van der Waals surface area contributed by atoms with Crippen molar-refractivity contribution in [2.75, 3.05) is 17.2 Å². The first-order chi connectivity index (χ1) is 11.3. The number of rotatable bonds is 6. The fourth-order valence-corrected chi connectivity index (χ4v) is 2.04. The van der Waals surface area contributed by atoms with E-state index in [2.05, 4.69) is 34.4 Å². The molecule has 2 N–H and O–H groups in total. The number of carbonyl (C=O) groups is 1. The van der Waals surface area contributed by atoms with Crippen LogP contribution in [0.5, 0.6) is 0 Å². The average Bonchev–Trinajstić information content (AvgIpc) is 2.49. The molecule has 0 radical (unpaired) electrons. The molecule has 1 aromatic heterocycles. The minimum atomic E-state index is -0.843. The zero-order valence-electron chi connectivity index (χ0n) is 13.9. The third-order valence-corrected chi connectivity index (χ3v) is 3.28. The molecule has 0 spiro atoms. The van der Waals surface area contributed by atoms with Crippen LogP contribution >= 0.6 is 0 Å². The quantitative estimate of drug-likeness (QED) is 0.844. The molecule has 24 heavy (non-hydrogen) atoms. The van der Waals surface area contributed by atoms with E-state index in [1.807, 2.05) is 0 Å². The van der Waals surface area contributed by atoms with Crippen molar-refractivity contribution in [2.45, 2.75) is 27.2 Å². The highest BCUT2D eigenvalue weighted by Crippen LogP contribution is 2.16. The van der Waals surface area contributed by atoms with Crippen molar-refractivity contribution in [1.29, 1.82) is 0 Å². The van der Waals surface area contributed by atoms with E-state index in [9.17, 15) is 13.6 Å². The molecule has 0 saturated carbocycles. The van der Waals surface area contributed by atoms with Crippen LogP contribution in [-0.4, -0.2) is 22.4 Å². The number of nitrogens with one attached hydrogen (secondary N) is 2. The number of hydrogen-bond acceptors (Lipinski definition) is 4. The number of aryl methyl sites for hydroxylation is 1. The summed E-state index contributed by atoms with van der Waals surface area (Å²) in [4.78, 5) is 20.5. The second-order valence-corrected chi connectivity index (χ2v) is 5.87. The minimum absolute atomic E-state index is 0.105. The molecule has 0 unspecified atom stereocenters. The summed E-state index contributed by atoms with van der Waals surface area (Å²) in [7, 11) is 0. The van der Waals surface area contributed by atoms with E-state index in [0.717, 1.165) is 19.0 Å². The molecule has 1 heterocycles. The van der Waals surface area contributed by atoms with Crippen molar-refractivity contribution in [3.63, 3.8) is 0 Å². The predicted octanol–water partition coefficient (Wildman–Crippen LogP) is 3.77. The lowest BCUT2D eigenvalue weighted by atomic mass is 10.1. The molecule has 0 bridgehead atoms. The summed E-state index contributed by atoms with van der Waals surface area (Å²) in [6.45, 7) is 6.62. The summed E-state index contributed by atoms with van der Waals surface area (Å²) in [6.07, 6.45) is 0.964. The average molecular weight is 334 g/mol. The van der Waals surface area contributed by atoms with Crippen LogP contribution < -0.4 is 10.6 Å². The van der Waals surface area contributed by atoms with Gasteiger partial charge in [0.05, 0.1) is 5.69 Å². The highest BCUT2D eigenvalue weighted by Gasteiger charge is 2.13. The molecule has 1 amide bonds. The molecule has 0 aliphatic heterocycles. The maximum Gasteiger partial charge on any atom is 0.274 e. The second kappa shape index (κ2) is 7.81. The summed E-state index contributed by atoms with van der Waals surface area (Å²) in [6, 6.07) is 4.45. The van der Waals surface area contributed by atoms with Gasteiger partial charge in [-0.15, -0.1) is 0 Å². The van der Waals surface area contributed by atoms with Crippen molar-refractivity contribution in [3.05, 3.63) is 47.4 Å². The Kier molecular flexibility index (Phi) is 5.78. The number of hydrogen-bond donors (Lipinski definition) is 2. The highest BCUT2D eigenvalue weighted by atomic mass is 19.1. The third-order valence-electron chi connectivity index (χ3n) is 3.28. The standard InChI is InChI=1S/C17H20F2N4O/c1-10(2)6-7-20-16-9-15(21-11(3)22-16)17(24)23-14-5-4-12(18)8-13(14)19/h4-5,8-10H,6-7H2,1-3H3,(H,23,24)(H,20,21,22). The molecule has 1 aromatic carbocycles. The Bertz CT molecular complexity index is 735. The van der Waals surface area contributed by atoms with Crippen LogP contribution in [0, 0.1) is 24.5 Å². The number of halogens is 2. The van der Waals surface area contributed by atoms with E-state index < -0.39 is 17.5 Å². The molecule has 0 atom stereocenters. The van der Waals surface area contributed by atoms with Crippen LogP contribution in [0.15, 0.2) is 24.3 Å². The second-order valence-electron chi connectivity index (χ2n) is 5.87. The van der Waals surface area contributed by atoms with E-state index in [-0.39, 0.29) is 11.4 Å². The van der Waals surface area contributed by atoms with Crippen LogP contribution in [0.3, 0.4) is 0 Å². The zero-order chi connectivity index (χ0) is 17.7. The topological polar surface area (TPSA) is 66.9 Å². The molecule has 5 nitrogen and oxygen atoms in total. The number of aromatic nitrogens is 2. The molecular weight excluding hydrogens is 314 g/mol. The molecule has 0 saturated heterocycles. The van der Waals surface area contributed by atoms with Crippen LogP contribution in [0.4, 0.5) is 20.3 Å². The maximum absolute atomic E-state index is 13.6. The summed E-state index contributed by atoms with van der Waals surface area (Å²) in [5.74, 6) is -0.630. The van der Waals surface area contributed by atoms with Gasteiger partial charge in [0.15, 0.2) is 0 Å². The SMILES string of the molecule is Cc1nc(NCCC(C)C)cc(C(=O)Nc2ccc(F)cc2F)n1. The molecule has 2 aromatic rings. The predicted molar refractivity (Wildman–Crippen MR) is 89.0 cm³/mol. The summed E-state index contributed by atoms with van der Waals surface area (Å²) in [5.41, 5.74) is 0.00487. The lowest BCUT2D eigenvalue weighted by Crippen LogP contribution is -2.17. The van der Waals surface area contributed by atoms with Crippen molar-refractivity contribution in [3.8, 4) is 0 Å². The molecule has 7 heteroatoms. The Labute approximate surface area is 139 Å². The van der Waals surface area contributed by atoms with Gasteiger partial charge in [-0.3, -0.25) is 4.79 Å². The van der Waals surface area contributed by atoms with Crippen molar-refractivity contribution >= 4 is 17.4 Å². The van der Waals surface area contributed by atoms with Crippen molar-refractivity contribution in [1.82, 2.24) is 9.97 Å². The number of amides is 1. The van der Waals surface area contributed by atoms with Gasteiger partial charge in [0.1, 0.15) is 29.0 Å². The molecule has 128 valence electrons.